The quantitative estimate of drug-likeness (QED) is 0.722. The number of aromatic nitrogens is 1. The molecule has 1 heterocycles. The molecule has 0 unspecified atom stereocenters. The van der Waals surface area contributed by atoms with Crippen molar-refractivity contribution in [2.45, 2.75) is 5.03 Å². The summed E-state index contributed by atoms with van der Waals surface area (Å²) in [5.74, 6) is 0. The first-order valence-electron chi connectivity index (χ1n) is 3.91. The van der Waals surface area contributed by atoms with Crippen molar-refractivity contribution in [2.75, 3.05) is 0 Å². The summed E-state index contributed by atoms with van der Waals surface area (Å²) >= 11 is 0. The van der Waals surface area contributed by atoms with Crippen LogP contribution in [0.3, 0.4) is 0 Å². The maximum atomic E-state index is 10.8. The summed E-state index contributed by atoms with van der Waals surface area (Å²) in [5.41, 5.74) is 0.544. The van der Waals surface area contributed by atoms with Crippen LogP contribution in [0.4, 0.5) is 0 Å². The molecule has 0 aliphatic heterocycles. The highest BCUT2D eigenvalue weighted by Gasteiger charge is 2.10. The number of fused-ring (bicyclic) bond motifs is 1. The van der Waals surface area contributed by atoms with E-state index in [2.05, 4.69) is 4.98 Å². The van der Waals surface area contributed by atoms with Gasteiger partial charge in [-0.05, 0) is 18.2 Å². The Morgan fingerprint density at radius 3 is 2.50 bits per heavy atom. The normalized spacial score (nSPS) is 11.8. The third-order valence-electron chi connectivity index (χ3n) is 1.84. The van der Waals surface area contributed by atoms with Crippen LogP contribution in [0.1, 0.15) is 0 Å². The second-order valence-corrected chi connectivity index (χ2v) is 4.19. The zero-order valence-electron chi connectivity index (χ0n) is 7.08. The molecule has 1 aromatic carbocycles. The third-order valence-corrected chi connectivity index (χ3v) is 2.59. The fourth-order valence-electron chi connectivity index (χ4n) is 1.19. The van der Waals surface area contributed by atoms with Gasteiger partial charge in [0.15, 0.2) is 5.03 Å². The van der Waals surface area contributed by atoms with Crippen LogP contribution in [-0.4, -0.2) is 18.0 Å². The van der Waals surface area contributed by atoms with Crippen molar-refractivity contribution in [1.82, 2.24) is 4.98 Å². The van der Waals surface area contributed by atoms with Gasteiger partial charge in [0.25, 0.3) is 0 Å². The summed E-state index contributed by atoms with van der Waals surface area (Å²) in [6, 6.07) is 9.96. The molecule has 14 heavy (non-hydrogen) atoms. The van der Waals surface area contributed by atoms with E-state index in [9.17, 15) is 8.42 Å². The predicted octanol–water partition coefficient (Wildman–Crippen LogP) is 1.48. The maximum Gasteiger partial charge on any atom is 0.312 e. The van der Waals surface area contributed by atoms with Gasteiger partial charge < -0.3 is 0 Å². The predicted molar refractivity (Wildman–Crippen MR) is 51.6 cm³/mol. The van der Waals surface area contributed by atoms with Crippen LogP contribution in [0, 0.1) is 0 Å². The molecule has 2 rings (SSSR count). The molecule has 0 radical (unpaired) electrons. The average Bonchev–Trinajstić information content (AvgIpc) is 2.16. The lowest BCUT2D eigenvalue weighted by Crippen LogP contribution is -2.00. The zero-order valence-corrected chi connectivity index (χ0v) is 7.90. The first kappa shape index (κ1) is 9.11. The van der Waals surface area contributed by atoms with E-state index in [-0.39, 0.29) is 5.03 Å². The van der Waals surface area contributed by atoms with E-state index in [0.29, 0.717) is 5.52 Å². The lowest BCUT2D eigenvalue weighted by molar-refractivity contribution is 0.479. The molecule has 0 spiro atoms. The van der Waals surface area contributed by atoms with Crippen LogP contribution < -0.4 is 0 Å². The van der Waals surface area contributed by atoms with E-state index in [1.54, 1.807) is 18.2 Å². The number of pyridine rings is 1. The van der Waals surface area contributed by atoms with Crippen molar-refractivity contribution in [1.29, 1.82) is 0 Å². The Labute approximate surface area is 81.0 Å². The molecule has 4 nitrogen and oxygen atoms in total. The lowest BCUT2D eigenvalue weighted by atomic mass is 10.2. The Morgan fingerprint density at radius 2 is 1.79 bits per heavy atom. The van der Waals surface area contributed by atoms with Crippen LogP contribution in [0.15, 0.2) is 41.4 Å². The van der Waals surface area contributed by atoms with Gasteiger partial charge in [0, 0.05) is 5.39 Å². The van der Waals surface area contributed by atoms with Crippen LogP contribution in [0.2, 0.25) is 0 Å². The van der Waals surface area contributed by atoms with Crippen LogP contribution in [-0.2, 0) is 10.1 Å². The molecule has 0 aliphatic carbocycles. The molecule has 1 N–H and O–H groups in total. The molecular weight excluding hydrogens is 202 g/mol. The second kappa shape index (κ2) is 3.04. The molecule has 5 heteroatoms. The minimum Gasteiger partial charge on any atom is -0.281 e. The van der Waals surface area contributed by atoms with Crippen molar-refractivity contribution in [3.8, 4) is 0 Å². The molecule has 1 aromatic heterocycles. The molecule has 0 saturated heterocycles. The summed E-state index contributed by atoms with van der Waals surface area (Å²) in [6.45, 7) is 0. The monoisotopic (exact) mass is 209 g/mol. The van der Waals surface area contributed by atoms with Crippen molar-refractivity contribution in [2.24, 2.45) is 0 Å². The van der Waals surface area contributed by atoms with E-state index < -0.39 is 10.1 Å². The third kappa shape index (κ3) is 1.59. The van der Waals surface area contributed by atoms with E-state index in [1.165, 1.54) is 6.07 Å². The number of nitrogens with zero attached hydrogens (tertiary/aromatic N) is 1. The van der Waals surface area contributed by atoms with Crippen LogP contribution in [0.5, 0.6) is 0 Å². The first-order valence-corrected chi connectivity index (χ1v) is 5.35. The number of para-hydroxylation sites is 1. The van der Waals surface area contributed by atoms with Gasteiger partial charge in [-0.1, -0.05) is 18.2 Å². The number of benzene rings is 1. The van der Waals surface area contributed by atoms with Gasteiger partial charge in [0.2, 0.25) is 0 Å². The first-order chi connectivity index (χ1) is 6.57. The van der Waals surface area contributed by atoms with E-state index >= 15 is 0 Å². The van der Waals surface area contributed by atoms with Gasteiger partial charge in [0.05, 0.1) is 5.52 Å². The summed E-state index contributed by atoms with van der Waals surface area (Å²) in [4.78, 5) is 3.81. The van der Waals surface area contributed by atoms with Crippen LogP contribution >= 0.6 is 0 Å². The lowest BCUT2D eigenvalue weighted by Gasteiger charge is -1.98. The highest BCUT2D eigenvalue weighted by molar-refractivity contribution is 7.85. The molecule has 0 bridgehead atoms. The van der Waals surface area contributed by atoms with Crippen molar-refractivity contribution in [3.05, 3.63) is 36.4 Å². The van der Waals surface area contributed by atoms with Gasteiger partial charge >= 0.3 is 10.1 Å². The van der Waals surface area contributed by atoms with Crippen molar-refractivity contribution < 1.29 is 13.0 Å². The average molecular weight is 209 g/mol. The number of hydrogen-bond acceptors (Lipinski definition) is 3. The Hall–Kier alpha value is -1.46. The highest BCUT2D eigenvalue weighted by Crippen LogP contribution is 2.14. The SMILES string of the molecule is O=S(=O)(O)c1ccc2ccccc2n1. The summed E-state index contributed by atoms with van der Waals surface area (Å²) in [7, 11) is -4.21. The van der Waals surface area contributed by atoms with Crippen LogP contribution in [0.25, 0.3) is 10.9 Å². The summed E-state index contributed by atoms with van der Waals surface area (Å²) in [6.07, 6.45) is 0. The summed E-state index contributed by atoms with van der Waals surface area (Å²) < 4.78 is 30.3. The topological polar surface area (TPSA) is 67.3 Å². The molecule has 0 amide bonds. The van der Waals surface area contributed by atoms with Crippen molar-refractivity contribution >= 4 is 21.0 Å². The van der Waals surface area contributed by atoms with Gasteiger partial charge in [-0.25, -0.2) is 4.98 Å². The zero-order chi connectivity index (χ0) is 10.2. The number of rotatable bonds is 1. The minimum absolute atomic E-state index is 0.323. The smallest absolute Gasteiger partial charge is 0.281 e. The largest absolute Gasteiger partial charge is 0.312 e. The van der Waals surface area contributed by atoms with E-state index in [0.717, 1.165) is 5.39 Å². The molecule has 0 atom stereocenters. The van der Waals surface area contributed by atoms with Gasteiger partial charge in [-0.2, -0.15) is 8.42 Å². The molecular formula is C9H7NO3S. The van der Waals surface area contributed by atoms with Crippen molar-refractivity contribution in [3.63, 3.8) is 0 Å². The van der Waals surface area contributed by atoms with E-state index in [1.807, 2.05) is 12.1 Å². The Bertz CT molecular complexity index is 577. The fraction of sp³-hybridized carbons (Fsp3) is 0. The molecule has 0 aliphatic rings. The summed E-state index contributed by atoms with van der Waals surface area (Å²) in [5, 5.41) is 0.510. The van der Waals surface area contributed by atoms with E-state index in [4.69, 9.17) is 4.55 Å². The van der Waals surface area contributed by atoms with Gasteiger partial charge in [0.1, 0.15) is 0 Å². The van der Waals surface area contributed by atoms with Gasteiger partial charge in [-0.15, -0.1) is 0 Å². The fourth-order valence-corrected chi connectivity index (χ4v) is 1.64. The Kier molecular flexibility index (Phi) is 1.98. The number of hydrogen-bond donors (Lipinski definition) is 1. The highest BCUT2D eigenvalue weighted by atomic mass is 32.2. The molecule has 0 saturated carbocycles. The van der Waals surface area contributed by atoms with Gasteiger partial charge in [-0.3, -0.25) is 4.55 Å². The Balaban J connectivity index is 2.75. The molecule has 0 fully saturated rings. The Morgan fingerprint density at radius 1 is 1.07 bits per heavy atom. The minimum atomic E-state index is -4.21. The second-order valence-electron chi connectivity index (χ2n) is 2.82. The molecule has 2 aromatic rings. The standard InChI is InChI=1S/C9H7NO3S/c11-14(12,13)9-6-5-7-3-1-2-4-8(7)10-9/h1-6H,(H,11,12,13). The molecule has 72 valence electrons. The maximum absolute atomic E-state index is 10.8.